The molecule has 498 valence electrons. The smallest absolute Gasteiger partial charge is 0.491 e. The number of esters is 2. The number of carbonyl (C=O) groups is 5. The van der Waals surface area contributed by atoms with Crippen LogP contribution in [0, 0.1) is 0 Å². The number of aromatic amines is 1. The van der Waals surface area contributed by atoms with Gasteiger partial charge in [0.05, 0.1) is 41.0 Å². The molecule has 0 unspecified atom stereocenters. The molecule has 0 atom stereocenters. The largest absolute Gasteiger partial charge is 0.497 e. The maximum absolute atomic E-state index is 12.6. The molecule has 0 aliphatic rings. The fraction of sp³-hybridized carbons (Fsp3) is 0.275. The highest BCUT2D eigenvalue weighted by atomic mass is 19.4. The van der Waals surface area contributed by atoms with Crippen molar-refractivity contribution >= 4 is 29.6 Å². The number of ether oxygens (including phenoxy) is 4. The lowest BCUT2D eigenvalue weighted by Crippen LogP contribution is -2.34. The number of ketones is 1. The van der Waals surface area contributed by atoms with Gasteiger partial charge in [0, 0.05) is 24.5 Å². The van der Waals surface area contributed by atoms with Crippen molar-refractivity contribution in [2.24, 2.45) is 5.73 Å². The molecule has 40 heteroatoms. The number of hydrogen-bond donors (Lipinski definition) is 3. The van der Waals surface area contributed by atoms with Crippen LogP contribution >= 0.6 is 0 Å². The average Bonchev–Trinajstić information content (AvgIpc) is 1.70. The Morgan fingerprint density at radius 1 is 0.505 bits per heavy atom. The van der Waals surface area contributed by atoms with Gasteiger partial charge in [-0.05, 0) is 78.2 Å². The van der Waals surface area contributed by atoms with Crippen LogP contribution in [0.4, 0.5) is 92.2 Å². The number of nitrogens with zero attached hydrogens (tertiary/aromatic N) is 7. The summed E-state index contributed by atoms with van der Waals surface area (Å²) in [7, 11) is 4.54. The SMILES string of the molecule is C/C=C/C(=O)C(F)(F)F.COc1ccc(Cn2ccc(C(F)(F)F)n2)cc1.COc1ccc(Cn2nc(C(F)(F)F)cc2C(=O)O)cc1.COc1ccc(Cn2nc(C(F)(F)F)cc2C(N)=O)cc1.FC(F)(F)c1ccn[nH]1.O=C(OC(=O)C(F)(F)F)C(F)(F)F. The summed E-state index contributed by atoms with van der Waals surface area (Å²) in [6.45, 7) is 1.56. The van der Waals surface area contributed by atoms with Gasteiger partial charge in [-0.25, -0.2) is 14.4 Å². The molecule has 0 aliphatic heterocycles. The normalized spacial score (nSPS) is 11.7. The van der Waals surface area contributed by atoms with E-state index < -0.39 is 101 Å². The van der Waals surface area contributed by atoms with Gasteiger partial charge in [-0.3, -0.25) is 28.7 Å². The van der Waals surface area contributed by atoms with Crippen molar-refractivity contribution in [3.05, 3.63) is 172 Å². The second-order valence-corrected chi connectivity index (χ2v) is 16.8. The summed E-state index contributed by atoms with van der Waals surface area (Å²) in [5.41, 5.74) is 2.32. The number of aromatic nitrogens is 8. The summed E-state index contributed by atoms with van der Waals surface area (Å²) in [6, 6.07) is 23.2. The Morgan fingerprint density at radius 3 is 1.14 bits per heavy atom. The van der Waals surface area contributed by atoms with Crippen molar-refractivity contribution < 1.29 is 140 Å². The summed E-state index contributed by atoms with van der Waals surface area (Å²) in [4.78, 5) is 51.4. The molecule has 1 amide bonds. The number of rotatable bonds is 12. The second kappa shape index (κ2) is 32.4. The number of alkyl halides is 21. The zero-order valence-electron chi connectivity index (χ0n) is 45.9. The molecule has 4 aromatic heterocycles. The minimum absolute atomic E-state index is 0.00164. The Labute approximate surface area is 495 Å². The number of primary amides is 1. The summed E-state index contributed by atoms with van der Waals surface area (Å²) in [5.74, 6) is -8.73. The standard InChI is InChI=1S/C13H12F3N3O2.C13H11F3N2O3.C12H11F3N2O.C5H5F3O.C4F6O3.C4H3F3N2/c1-21-9-4-2-8(3-5-9)7-19-10(12(17)20)6-11(18-19)13(14,15)16;1-21-9-4-2-8(3-5-9)7-18-10(12(19)20)6-11(17-18)13(14,15)16;1-18-10-4-2-9(3-5-10)8-17-7-6-11(16-17)12(13,14)15;1-2-3-4(9)5(6,7)8;5-3(6,7)1(11)13-2(12)4(8,9)10;5-4(6,7)3-1-2-8-9-3/h2-6H,7H2,1H3,(H2,17,20);2-6H,7H2,1H3,(H,19,20);2-7H,8H2,1H3;2-3H,1H3;;1-2H,(H,8,9)/b;;;3-2+;;. The van der Waals surface area contributed by atoms with Crippen LogP contribution in [0.3, 0.4) is 0 Å². The van der Waals surface area contributed by atoms with Gasteiger partial charge in [-0.15, -0.1) is 0 Å². The molecule has 0 bridgehead atoms. The van der Waals surface area contributed by atoms with E-state index in [4.69, 9.17) is 25.1 Å². The Morgan fingerprint density at radius 2 is 0.879 bits per heavy atom. The van der Waals surface area contributed by atoms with Crippen LogP contribution < -0.4 is 19.9 Å². The second-order valence-electron chi connectivity index (χ2n) is 16.8. The first kappa shape index (κ1) is 77.0. The van der Waals surface area contributed by atoms with Crippen molar-refractivity contribution in [3.8, 4) is 17.2 Å². The van der Waals surface area contributed by atoms with Crippen LogP contribution in [0.5, 0.6) is 17.2 Å². The molecule has 0 aliphatic carbocycles. The Balaban J connectivity index is 0.000000383. The van der Waals surface area contributed by atoms with Crippen LogP contribution in [0.1, 0.15) is 67.4 Å². The quantitative estimate of drug-likeness (QED) is 0.0445. The number of halogens is 21. The summed E-state index contributed by atoms with van der Waals surface area (Å²) >= 11 is 0. The molecule has 4 N–H and O–H groups in total. The molecule has 0 fully saturated rings. The molecule has 7 aromatic rings. The number of carboxylic acid groups (broad SMARTS) is 1. The maximum Gasteiger partial charge on any atom is 0.491 e. The van der Waals surface area contributed by atoms with E-state index in [0.717, 1.165) is 39.3 Å². The third-order valence-corrected chi connectivity index (χ3v) is 10.1. The molecule has 4 heterocycles. The zero-order valence-corrected chi connectivity index (χ0v) is 45.9. The summed E-state index contributed by atoms with van der Waals surface area (Å²) in [5, 5.41) is 24.1. The van der Waals surface area contributed by atoms with Crippen molar-refractivity contribution in [2.45, 2.75) is 69.8 Å². The average molecular weight is 1340 g/mol. The van der Waals surface area contributed by atoms with Gasteiger partial charge in [0.1, 0.15) is 34.3 Å². The van der Waals surface area contributed by atoms with Crippen molar-refractivity contribution in [3.63, 3.8) is 0 Å². The number of carboxylic acids is 1. The zero-order chi connectivity index (χ0) is 69.7. The summed E-state index contributed by atoms with van der Waals surface area (Å²) < 4.78 is 269. The molecule has 3 aromatic carbocycles. The molecule has 7 rings (SSSR count). The third kappa shape index (κ3) is 26.7. The van der Waals surface area contributed by atoms with Crippen molar-refractivity contribution in [1.29, 1.82) is 0 Å². The van der Waals surface area contributed by atoms with Gasteiger partial charge >= 0.3 is 61.1 Å². The highest BCUT2D eigenvalue weighted by Gasteiger charge is 2.49. The van der Waals surface area contributed by atoms with Crippen molar-refractivity contribution in [2.75, 3.05) is 21.3 Å². The highest BCUT2D eigenvalue weighted by molar-refractivity contribution is 5.94. The Bertz CT molecular complexity index is 3330. The van der Waals surface area contributed by atoms with Crippen LogP contribution in [0.2, 0.25) is 0 Å². The number of hydrogen-bond acceptors (Lipinski definition) is 13. The first-order chi connectivity index (χ1) is 41.7. The van der Waals surface area contributed by atoms with Gasteiger partial charge in [0.15, 0.2) is 17.1 Å². The van der Waals surface area contributed by atoms with E-state index in [1.807, 2.05) is 0 Å². The van der Waals surface area contributed by atoms with Gasteiger partial charge in [0.2, 0.25) is 0 Å². The Hall–Kier alpha value is -10.1. The Kier molecular flexibility index (Phi) is 27.4. The number of allylic oxidation sites excluding steroid dienone is 2. The lowest BCUT2D eigenvalue weighted by Gasteiger charge is -2.06. The minimum Gasteiger partial charge on any atom is -0.497 e. The van der Waals surface area contributed by atoms with E-state index in [1.54, 1.807) is 85.0 Å². The molecule has 0 saturated heterocycles. The predicted octanol–water partition coefficient (Wildman–Crippen LogP) is 12.0. The number of aromatic carboxylic acids is 1. The third-order valence-electron chi connectivity index (χ3n) is 10.1. The number of nitrogens with one attached hydrogen (secondary N) is 1. The lowest BCUT2D eigenvalue weighted by atomic mass is 10.2. The monoisotopic (exact) mass is 1340 g/mol. The van der Waals surface area contributed by atoms with Gasteiger partial charge in [-0.2, -0.15) is 113 Å². The molecule has 0 saturated carbocycles. The van der Waals surface area contributed by atoms with Gasteiger partial charge < -0.3 is 29.8 Å². The van der Waals surface area contributed by atoms with Crippen LogP contribution in [0.25, 0.3) is 0 Å². The van der Waals surface area contributed by atoms with Crippen LogP contribution in [-0.4, -0.2) is 114 Å². The minimum atomic E-state index is -5.62. The van der Waals surface area contributed by atoms with E-state index >= 15 is 0 Å². The van der Waals surface area contributed by atoms with Crippen LogP contribution in [0.15, 0.2) is 122 Å². The van der Waals surface area contributed by atoms with E-state index in [-0.39, 0.29) is 18.8 Å². The first-order valence-corrected chi connectivity index (χ1v) is 23.8. The number of methoxy groups -OCH3 is 3. The lowest BCUT2D eigenvalue weighted by molar-refractivity contribution is -0.221. The number of amides is 1. The predicted molar refractivity (Wildman–Crippen MR) is 266 cm³/mol. The molecule has 91 heavy (non-hydrogen) atoms. The molecule has 19 nitrogen and oxygen atoms in total. The number of benzene rings is 3. The molecule has 0 radical (unpaired) electrons. The fourth-order valence-electron chi connectivity index (χ4n) is 5.91. The first-order valence-electron chi connectivity index (χ1n) is 23.8. The number of nitrogens with two attached hydrogens (primary N) is 1. The molecular formula is C51H42F21N9O10. The van der Waals surface area contributed by atoms with Crippen LogP contribution in [-0.2, 0) is 63.5 Å². The van der Waals surface area contributed by atoms with E-state index in [2.05, 4.69) is 25.1 Å². The number of carbonyl (C=O) groups excluding carboxylic acids is 4. The number of H-pyrrole nitrogens is 1. The van der Waals surface area contributed by atoms with Gasteiger partial charge in [-0.1, -0.05) is 42.5 Å². The van der Waals surface area contributed by atoms with E-state index in [9.17, 15) is 116 Å². The highest BCUT2D eigenvalue weighted by Crippen LogP contribution is 2.32. The van der Waals surface area contributed by atoms with E-state index in [0.29, 0.717) is 53.1 Å². The van der Waals surface area contributed by atoms with E-state index in [1.165, 1.54) is 32.0 Å². The maximum atomic E-state index is 12.6. The molecule has 0 spiro atoms. The van der Waals surface area contributed by atoms with Crippen molar-refractivity contribution in [1.82, 2.24) is 39.5 Å². The molecular weight excluding hydrogens is 1300 g/mol. The fourth-order valence-corrected chi connectivity index (χ4v) is 5.91. The van der Waals surface area contributed by atoms with Gasteiger partial charge in [0.25, 0.3) is 11.7 Å². The summed E-state index contributed by atoms with van der Waals surface area (Å²) in [6.07, 6.45) is -30.1. The topological polar surface area (TPSA) is 251 Å².